The largest absolute Gasteiger partial charge is 0.477 e. The number of hydrogen-bond acceptors (Lipinski definition) is 4. The summed E-state index contributed by atoms with van der Waals surface area (Å²) in [5.74, 6) is -3.54. The van der Waals surface area contributed by atoms with Gasteiger partial charge in [-0.05, 0) is 6.92 Å². The van der Waals surface area contributed by atoms with Crippen LogP contribution in [-0.2, 0) is 4.79 Å². The summed E-state index contributed by atoms with van der Waals surface area (Å²) in [4.78, 5) is 9.93. The van der Waals surface area contributed by atoms with E-state index in [0.717, 1.165) is 6.92 Å². The normalized spacial score (nSPS) is 10.1. The Bertz CT molecular complexity index is 162. The van der Waals surface area contributed by atoms with Crippen LogP contribution in [0.4, 0.5) is 0 Å². The van der Waals surface area contributed by atoms with E-state index in [1.165, 1.54) is 0 Å². The molecule has 0 aliphatic rings. The molecule has 0 rings (SSSR count). The molecule has 5 nitrogen and oxygen atoms in total. The molecule has 0 aromatic heterocycles. The lowest BCUT2D eigenvalue weighted by atomic mass is 10.1. The Kier molecular flexibility index (Phi) is 5.04. The summed E-state index contributed by atoms with van der Waals surface area (Å²) in [6.45, 7) is 1.02. The van der Waals surface area contributed by atoms with Crippen LogP contribution in [0.2, 0.25) is 0 Å². The molecule has 0 unspecified atom stereocenters. The van der Waals surface area contributed by atoms with Crippen molar-refractivity contribution in [3.8, 4) is 0 Å². The number of hydrogen-bond donors (Lipinski definition) is 4. The maximum atomic E-state index is 9.93. The van der Waals surface area contributed by atoms with Crippen LogP contribution in [-0.4, -0.2) is 32.8 Å². The van der Waals surface area contributed by atoms with Gasteiger partial charge in [0.1, 0.15) is 5.71 Å². The monoisotopic (exact) mass is 183 g/mol. The fraction of sp³-hybridized carbons (Fsp3) is 0.600. The van der Waals surface area contributed by atoms with Gasteiger partial charge in [-0.15, -0.1) is 12.4 Å². The quantitative estimate of drug-likeness (QED) is 0.353. The molecule has 0 radical (unpaired) electrons. The van der Waals surface area contributed by atoms with E-state index in [2.05, 4.69) is 0 Å². The Morgan fingerprint density at radius 3 is 2.00 bits per heavy atom. The smallest absolute Gasteiger partial charge is 0.349 e. The van der Waals surface area contributed by atoms with Crippen molar-refractivity contribution in [2.24, 2.45) is 0 Å². The lowest BCUT2D eigenvalue weighted by molar-refractivity contribution is -0.143. The van der Waals surface area contributed by atoms with Crippen molar-refractivity contribution in [2.75, 3.05) is 0 Å². The van der Waals surface area contributed by atoms with Gasteiger partial charge in [-0.2, -0.15) is 0 Å². The Morgan fingerprint density at radius 1 is 1.55 bits per heavy atom. The van der Waals surface area contributed by atoms with E-state index in [-0.39, 0.29) is 12.4 Å². The van der Waals surface area contributed by atoms with Gasteiger partial charge in [0.05, 0.1) is 0 Å². The van der Waals surface area contributed by atoms with Crippen molar-refractivity contribution in [1.29, 1.82) is 5.41 Å². The first-order valence-corrected chi connectivity index (χ1v) is 2.58. The van der Waals surface area contributed by atoms with Crippen LogP contribution in [0.3, 0.4) is 0 Å². The van der Waals surface area contributed by atoms with E-state index in [4.69, 9.17) is 20.7 Å². The summed E-state index contributed by atoms with van der Waals surface area (Å²) in [5.41, 5.74) is -0.715. The highest BCUT2D eigenvalue weighted by Gasteiger charge is 2.21. The minimum Gasteiger partial charge on any atom is -0.477 e. The minimum absolute atomic E-state index is 0. The standard InChI is InChI=1S/C5H9NO4.ClH/c1-5(9,10)2-3(6)4(7)8;/h6,9-10H,2H2,1H3,(H,7,8);1H. The molecule has 0 aromatic carbocycles. The summed E-state index contributed by atoms with van der Waals surface area (Å²) >= 11 is 0. The van der Waals surface area contributed by atoms with E-state index in [1.807, 2.05) is 0 Å². The van der Waals surface area contributed by atoms with E-state index in [1.54, 1.807) is 0 Å². The number of nitrogens with one attached hydrogen (secondary N) is 1. The van der Waals surface area contributed by atoms with Crippen molar-refractivity contribution in [1.82, 2.24) is 0 Å². The highest BCUT2D eigenvalue weighted by atomic mass is 35.5. The lowest BCUT2D eigenvalue weighted by Gasteiger charge is -2.13. The van der Waals surface area contributed by atoms with Gasteiger partial charge in [0, 0.05) is 6.42 Å². The summed E-state index contributed by atoms with van der Waals surface area (Å²) in [6, 6.07) is 0. The number of rotatable bonds is 3. The zero-order valence-electron chi connectivity index (χ0n) is 5.87. The van der Waals surface area contributed by atoms with Crippen molar-refractivity contribution in [3.05, 3.63) is 0 Å². The van der Waals surface area contributed by atoms with E-state index in [0.29, 0.717) is 0 Å². The van der Waals surface area contributed by atoms with Crippen molar-refractivity contribution in [3.63, 3.8) is 0 Å². The van der Waals surface area contributed by atoms with Crippen LogP contribution in [0, 0.1) is 5.41 Å². The molecule has 66 valence electrons. The number of carbonyl (C=O) groups is 1. The molecule has 0 aliphatic carbocycles. The summed E-state index contributed by atoms with van der Waals surface area (Å²) in [7, 11) is 0. The van der Waals surface area contributed by atoms with Gasteiger partial charge >= 0.3 is 5.97 Å². The molecule has 0 bridgehead atoms. The number of aliphatic hydroxyl groups is 2. The predicted octanol–water partition coefficient (Wildman–Crippen LogP) is -0.397. The Morgan fingerprint density at radius 2 is 1.91 bits per heavy atom. The Balaban J connectivity index is 0. The topological polar surface area (TPSA) is 102 Å². The molecular weight excluding hydrogens is 174 g/mol. The Hall–Kier alpha value is -0.650. The fourth-order valence-corrected chi connectivity index (χ4v) is 0.411. The minimum atomic E-state index is -2.10. The molecule has 0 atom stereocenters. The summed E-state index contributed by atoms with van der Waals surface area (Å²) in [6.07, 6.45) is -0.567. The number of halogens is 1. The number of carboxylic acids is 1. The third-order valence-corrected chi connectivity index (χ3v) is 0.770. The van der Waals surface area contributed by atoms with Crippen LogP contribution in [0.15, 0.2) is 0 Å². The van der Waals surface area contributed by atoms with E-state index >= 15 is 0 Å². The Labute approximate surface area is 69.6 Å². The molecule has 11 heavy (non-hydrogen) atoms. The molecule has 0 fully saturated rings. The summed E-state index contributed by atoms with van der Waals surface area (Å²) in [5, 5.41) is 32.0. The second kappa shape index (κ2) is 4.27. The zero-order chi connectivity index (χ0) is 8.36. The summed E-state index contributed by atoms with van der Waals surface area (Å²) < 4.78 is 0. The first-order valence-electron chi connectivity index (χ1n) is 2.58. The fourth-order valence-electron chi connectivity index (χ4n) is 0.411. The number of aliphatic carboxylic acids is 1. The van der Waals surface area contributed by atoms with Crippen LogP contribution in [0.5, 0.6) is 0 Å². The second-order valence-electron chi connectivity index (χ2n) is 2.18. The molecule has 0 aromatic rings. The third-order valence-electron chi connectivity index (χ3n) is 0.770. The molecule has 0 amide bonds. The SMILES string of the molecule is CC(O)(O)CC(=N)C(=O)O.Cl. The van der Waals surface area contributed by atoms with Crippen molar-refractivity contribution >= 4 is 24.1 Å². The second-order valence-corrected chi connectivity index (χ2v) is 2.18. The molecule has 0 saturated heterocycles. The van der Waals surface area contributed by atoms with Gasteiger partial charge in [-0.25, -0.2) is 4.79 Å². The van der Waals surface area contributed by atoms with Gasteiger partial charge in [0.15, 0.2) is 5.79 Å². The van der Waals surface area contributed by atoms with Gasteiger partial charge < -0.3 is 15.3 Å². The van der Waals surface area contributed by atoms with Crippen LogP contribution in [0.1, 0.15) is 13.3 Å². The molecule has 0 aliphatic heterocycles. The number of carboxylic acid groups (broad SMARTS) is 1. The highest BCUT2D eigenvalue weighted by molar-refractivity contribution is 6.34. The van der Waals surface area contributed by atoms with Gasteiger partial charge in [-0.1, -0.05) is 0 Å². The predicted molar refractivity (Wildman–Crippen MR) is 40.1 cm³/mol. The van der Waals surface area contributed by atoms with Crippen LogP contribution >= 0.6 is 12.4 Å². The van der Waals surface area contributed by atoms with E-state index < -0.39 is 23.9 Å². The zero-order valence-corrected chi connectivity index (χ0v) is 6.68. The third kappa shape index (κ3) is 7.24. The van der Waals surface area contributed by atoms with Crippen molar-refractivity contribution in [2.45, 2.75) is 19.1 Å². The first-order chi connectivity index (χ1) is 4.33. The molecular formula is C5H10ClNO4. The van der Waals surface area contributed by atoms with E-state index in [9.17, 15) is 4.79 Å². The van der Waals surface area contributed by atoms with Crippen molar-refractivity contribution < 1.29 is 20.1 Å². The van der Waals surface area contributed by atoms with Crippen LogP contribution in [0.25, 0.3) is 0 Å². The lowest BCUT2D eigenvalue weighted by Crippen LogP contribution is -2.29. The van der Waals surface area contributed by atoms with Gasteiger partial charge in [0.25, 0.3) is 0 Å². The average molecular weight is 184 g/mol. The van der Waals surface area contributed by atoms with Gasteiger partial charge in [0.2, 0.25) is 0 Å². The van der Waals surface area contributed by atoms with Crippen LogP contribution < -0.4 is 0 Å². The maximum absolute atomic E-state index is 9.93. The highest BCUT2D eigenvalue weighted by Crippen LogP contribution is 2.03. The molecule has 4 N–H and O–H groups in total. The molecule has 0 spiro atoms. The molecule has 0 saturated carbocycles. The maximum Gasteiger partial charge on any atom is 0.349 e. The average Bonchev–Trinajstić information content (AvgIpc) is 1.60. The molecule has 6 heteroatoms. The first kappa shape index (κ1) is 13.0. The molecule has 0 heterocycles. The van der Waals surface area contributed by atoms with Gasteiger partial charge in [-0.3, -0.25) is 5.41 Å².